The van der Waals surface area contributed by atoms with Crippen molar-refractivity contribution in [2.75, 3.05) is 0 Å². The van der Waals surface area contributed by atoms with Gasteiger partial charge in [0.1, 0.15) is 5.70 Å². The van der Waals surface area contributed by atoms with Crippen molar-refractivity contribution in [3.63, 3.8) is 0 Å². The average Bonchev–Trinajstić information content (AvgIpc) is 3.68. The van der Waals surface area contributed by atoms with Gasteiger partial charge >= 0.3 is 0 Å². The van der Waals surface area contributed by atoms with Crippen LogP contribution >= 0.6 is 0 Å². The van der Waals surface area contributed by atoms with E-state index in [1.165, 1.54) is 21.5 Å². The molecule has 6 heteroatoms. The molecule has 10 rings (SSSR count). The van der Waals surface area contributed by atoms with Gasteiger partial charge in [-0.1, -0.05) is 121 Å². The highest BCUT2D eigenvalue weighted by atomic mass is 15.3. The van der Waals surface area contributed by atoms with Gasteiger partial charge in [-0.2, -0.15) is 0 Å². The summed E-state index contributed by atoms with van der Waals surface area (Å²) in [4.78, 5) is 15.6. The summed E-state index contributed by atoms with van der Waals surface area (Å²) in [6, 6.07) is 52.9. The molecule has 2 aromatic heterocycles. The summed E-state index contributed by atoms with van der Waals surface area (Å²) in [5.74, 6) is 0.714. The third-order valence-corrected chi connectivity index (χ3v) is 9.39. The molecule has 0 spiro atoms. The molecule has 0 amide bonds. The van der Waals surface area contributed by atoms with Crippen LogP contribution in [-0.2, 0) is 0 Å². The standard InChI is InChI=1S/C42H28N6/c1-4-14-27(15-5-1)33-26-43-39-38(28-16-6-2-7-17-28)45-42(46-41(39)44-33)48-34-22-12-10-20-30(34)31-24-25-36-37(40(31)48)32-21-11-13-23-35(32)47(36)29-18-8-3-9-19-29/h1-26,41H,(H,45,46). The summed E-state index contributed by atoms with van der Waals surface area (Å²) in [7, 11) is 0. The molecule has 6 aromatic carbocycles. The van der Waals surface area contributed by atoms with E-state index in [2.05, 4.69) is 130 Å². The molecule has 6 nitrogen and oxygen atoms in total. The first-order valence-corrected chi connectivity index (χ1v) is 16.2. The summed E-state index contributed by atoms with van der Waals surface area (Å²) < 4.78 is 4.66. The van der Waals surface area contributed by atoms with Gasteiger partial charge in [0.2, 0.25) is 5.96 Å². The van der Waals surface area contributed by atoms with Crippen molar-refractivity contribution in [2.45, 2.75) is 6.17 Å². The molecule has 0 saturated carbocycles. The minimum Gasteiger partial charge on any atom is -0.328 e. The second-order valence-corrected chi connectivity index (χ2v) is 12.1. The predicted molar refractivity (Wildman–Crippen MR) is 198 cm³/mol. The van der Waals surface area contributed by atoms with E-state index in [0.717, 1.165) is 56.0 Å². The molecule has 0 bridgehead atoms. The first-order valence-electron chi connectivity index (χ1n) is 16.2. The predicted octanol–water partition coefficient (Wildman–Crippen LogP) is 8.97. The summed E-state index contributed by atoms with van der Waals surface area (Å²) >= 11 is 0. The Balaban J connectivity index is 1.29. The zero-order valence-corrected chi connectivity index (χ0v) is 25.8. The Bertz CT molecular complexity index is 2680. The lowest BCUT2D eigenvalue weighted by Gasteiger charge is -2.28. The number of benzene rings is 6. The van der Waals surface area contributed by atoms with Crippen LogP contribution in [0.5, 0.6) is 0 Å². The minimum atomic E-state index is -0.422. The van der Waals surface area contributed by atoms with Gasteiger partial charge in [0.05, 0.1) is 39.7 Å². The lowest BCUT2D eigenvalue weighted by atomic mass is 10.1. The van der Waals surface area contributed by atoms with Gasteiger partial charge in [0.25, 0.3) is 0 Å². The number of aliphatic imine (C=N–C) groups is 3. The smallest absolute Gasteiger partial charge is 0.210 e. The van der Waals surface area contributed by atoms with Gasteiger partial charge < -0.3 is 9.88 Å². The van der Waals surface area contributed by atoms with E-state index in [4.69, 9.17) is 15.0 Å². The molecule has 1 N–H and O–H groups in total. The van der Waals surface area contributed by atoms with Crippen LogP contribution in [0.4, 0.5) is 0 Å². The molecule has 0 fully saturated rings. The van der Waals surface area contributed by atoms with Crippen molar-refractivity contribution in [3.8, 4) is 5.69 Å². The lowest BCUT2D eigenvalue weighted by Crippen LogP contribution is -2.43. The van der Waals surface area contributed by atoms with E-state index in [9.17, 15) is 0 Å². The third kappa shape index (κ3) is 3.96. The Morgan fingerprint density at radius 3 is 1.90 bits per heavy atom. The second-order valence-electron chi connectivity index (χ2n) is 12.1. The number of hydrogen-bond acceptors (Lipinski definition) is 4. The maximum Gasteiger partial charge on any atom is 0.210 e. The molecule has 4 heterocycles. The number of aromatic nitrogens is 2. The molecule has 0 saturated heterocycles. The maximum absolute atomic E-state index is 5.39. The van der Waals surface area contributed by atoms with E-state index >= 15 is 0 Å². The zero-order valence-electron chi connectivity index (χ0n) is 25.8. The van der Waals surface area contributed by atoms with Gasteiger partial charge in [0, 0.05) is 38.4 Å². The van der Waals surface area contributed by atoms with Crippen molar-refractivity contribution in [1.29, 1.82) is 0 Å². The van der Waals surface area contributed by atoms with Crippen LogP contribution in [0, 0.1) is 0 Å². The average molecular weight is 617 g/mol. The number of fused-ring (bicyclic) bond motifs is 8. The molecule has 1 atom stereocenters. The van der Waals surface area contributed by atoms with E-state index in [1.807, 2.05) is 42.6 Å². The van der Waals surface area contributed by atoms with Crippen molar-refractivity contribution in [2.24, 2.45) is 15.0 Å². The highest BCUT2D eigenvalue weighted by molar-refractivity contribution is 6.39. The number of nitrogens with zero attached hydrogens (tertiary/aromatic N) is 5. The van der Waals surface area contributed by atoms with Gasteiger partial charge in [-0.25, -0.2) is 4.99 Å². The quantitative estimate of drug-likeness (QED) is 0.212. The number of para-hydroxylation sites is 3. The van der Waals surface area contributed by atoms with Crippen LogP contribution in [0.15, 0.2) is 172 Å². The van der Waals surface area contributed by atoms with Crippen LogP contribution in [0.1, 0.15) is 11.1 Å². The van der Waals surface area contributed by atoms with Crippen molar-refractivity contribution in [3.05, 3.63) is 168 Å². The first-order chi connectivity index (χ1) is 23.8. The molecule has 8 aromatic rings. The SMILES string of the molecule is C1=NC2=C(c3ccccc3)N=C(n3c4ccccc4c4ccc5c(c6ccccc6n5-c5ccccc5)c43)NC2N=C1c1ccccc1. The Hall–Kier alpha value is -6.53. The topological polar surface area (TPSA) is 59.0 Å². The maximum atomic E-state index is 5.39. The molecule has 1 unspecified atom stereocenters. The van der Waals surface area contributed by atoms with Crippen molar-refractivity contribution in [1.82, 2.24) is 14.5 Å². The molecular weight excluding hydrogens is 589 g/mol. The lowest BCUT2D eigenvalue weighted by molar-refractivity contribution is 0.694. The van der Waals surface area contributed by atoms with Crippen LogP contribution in [0.3, 0.4) is 0 Å². The Kier molecular flexibility index (Phi) is 5.84. The van der Waals surface area contributed by atoms with Crippen LogP contribution < -0.4 is 5.32 Å². The first kappa shape index (κ1) is 26.7. The summed E-state index contributed by atoms with van der Waals surface area (Å²) in [6.45, 7) is 0. The van der Waals surface area contributed by atoms with E-state index in [0.29, 0.717) is 5.96 Å². The van der Waals surface area contributed by atoms with E-state index in [-0.39, 0.29) is 0 Å². The van der Waals surface area contributed by atoms with Gasteiger partial charge in [-0.3, -0.25) is 14.6 Å². The fourth-order valence-electron chi connectivity index (χ4n) is 7.31. The number of rotatable bonds is 3. The minimum absolute atomic E-state index is 0.422. The molecule has 2 aliphatic rings. The molecule has 48 heavy (non-hydrogen) atoms. The highest BCUT2D eigenvalue weighted by Gasteiger charge is 2.31. The van der Waals surface area contributed by atoms with Crippen LogP contribution in [0.25, 0.3) is 55.0 Å². The van der Waals surface area contributed by atoms with Gasteiger partial charge in [0.15, 0.2) is 6.17 Å². The largest absolute Gasteiger partial charge is 0.328 e. The summed E-state index contributed by atoms with van der Waals surface area (Å²) in [5, 5.41) is 8.45. The molecule has 0 aliphatic carbocycles. The summed E-state index contributed by atoms with van der Waals surface area (Å²) in [5.41, 5.74) is 10.1. The molecule has 0 radical (unpaired) electrons. The monoisotopic (exact) mass is 616 g/mol. The Labute approximate surface area is 276 Å². The molecule has 226 valence electrons. The Morgan fingerprint density at radius 2 is 1.15 bits per heavy atom. The normalized spacial score (nSPS) is 16.0. The summed E-state index contributed by atoms with van der Waals surface area (Å²) in [6.07, 6.45) is 1.43. The fourth-order valence-corrected chi connectivity index (χ4v) is 7.31. The zero-order chi connectivity index (χ0) is 31.6. The Morgan fingerprint density at radius 1 is 0.521 bits per heavy atom. The van der Waals surface area contributed by atoms with E-state index in [1.54, 1.807) is 0 Å². The number of nitrogens with one attached hydrogen (secondary N) is 1. The van der Waals surface area contributed by atoms with Crippen molar-refractivity contribution < 1.29 is 0 Å². The van der Waals surface area contributed by atoms with Gasteiger partial charge in [-0.05, 0) is 30.3 Å². The van der Waals surface area contributed by atoms with Gasteiger partial charge in [-0.15, -0.1) is 0 Å². The van der Waals surface area contributed by atoms with Crippen LogP contribution in [-0.4, -0.2) is 33.2 Å². The van der Waals surface area contributed by atoms with Crippen LogP contribution in [0.2, 0.25) is 0 Å². The fraction of sp³-hybridized carbons (Fsp3) is 0.0238. The number of hydrogen-bond donors (Lipinski definition) is 1. The highest BCUT2D eigenvalue weighted by Crippen LogP contribution is 2.41. The van der Waals surface area contributed by atoms with Crippen molar-refractivity contribution >= 4 is 67.2 Å². The second kappa shape index (κ2) is 10.5. The molecule has 2 aliphatic heterocycles. The third-order valence-electron chi connectivity index (χ3n) is 9.39. The van der Waals surface area contributed by atoms with E-state index < -0.39 is 6.17 Å². The molecular formula is C42H28N6.